The lowest BCUT2D eigenvalue weighted by Gasteiger charge is -2.12. The van der Waals surface area contributed by atoms with Gasteiger partial charge >= 0.3 is 0 Å². The highest BCUT2D eigenvalue weighted by Gasteiger charge is 2.08. The maximum atomic E-state index is 11.4. The summed E-state index contributed by atoms with van der Waals surface area (Å²) in [5, 5.41) is 4.26. The third-order valence-corrected chi connectivity index (χ3v) is 3.16. The van der Waals surface area contributed by atoms with E-state index in [-0.39, 0.29) is 5.56 Å². The molecule has 0 atom stereocenters. The lowest BCUT2D eigenvalue weighted by molar-refractivity contribution is 0.287. The molecular formula is C17H22N4O3. The molecule has 0 bridgehead atoms. The Balaban J connectivity index is 2.22. The monoisotopic (exact) mass is 330 g/mol. The van der Waals surface area contributed by atoms with E-state index in [2.05, 4.69) is 20.5 Å². The van der Waals surface area contributed by atoms with Gasteiger partial charge in [0.15, 0.2) is 11.5 Å². The van der Waals surface area contributed by atoms with Gasteiger partial charge in [0, 0.05) is 17.3 Å². The summed E-state index contributed by atoms with van der Waals surface area (Å²) in [5.74, 6) is 1.68. The average Bonchev–Trinajstić information content (AvgIpc) is 2.54. The van der Waals surface area contributed by atoms with E-state index < -0.39 is 0 Å². The molecule has 0 radical (unpaired) electrons. The molecule has 2 N–H and O–H groups in total. The summed E-state index contributed by atoms with van der Waals surface area (Å²) in [6.45, 7) is 8.57. The standard InChI is InChI=1S/C17H22N4O3/c1-5-23-14-8-7-13(10-15(14)24-6-2)12(4)20-21-17-18-11(3)9-16(22)19-17/h7-10H,5-6H2,1-4H3,(H2,18,19,21,22)/b20-12-. The van der Waals surface area contributed by atoms with Crippen LogP contribution in [0, 0.1) is 6.92 Å². The van der Waals surface area contributed by atoms with E-state index in [0.717, 1.165) is 11.3 Å². The highest BCUT2D eigenvalue weighted by atomic mass is 16.5. The van der Waals surface area contributed by atoms with Crippen LogP contribution in [0.3, 0.4) is 0 Å². The summed E-state index contributed by atoms with van der Waals surface area (Å²) < 4.78 is 11.2. The molecule has 0 aliphatic heterocycles. The van der Waals surface area contributed by atoms with E-state index in [4.69, 9.17) is 9.47 Å². The minimum absolute atomic E-state index is 0.224. The maximum absolute atomic E-state index is 11.4. The molecule has 7 heteroatoms. The van der Waals surface area contributed by atoms with Gasteiger partial charge in [0.1, 0.15) is 0 Å². The minimum atomic E-state index is -0.224. The molecule has 0 fully saturated rings. The fourth-order valence-electron chi connectivity index (χ4n) is 2.11. The summed E-state index contributed by atoms with van der Waals surface area (Å²) in [6.07, 6.45) is 0. The second-order valence-corrected chi connectivity index (χ2v) is 5.07. The first-order valence-corrected chi connectivity index (χ1v) is 7.81. The molecule has 1 heterocycles. The van der Waals surface area contributed by atoms with Crippen molar-refractivity contribution >= 4 is 11.7 Å². The summed E-state index contributed by atoms with van der Waals surface area (Å²) in [5.41, 5.74) is 4.76. The van der Waals surface area contributed by atoms with E-state index in [1.165, 1.54) is 6.07 Å². The second-order valence-electron chi connectivity index (χ2n) is 5.07. The van der Waals surface area contributed by atoms with E-state index in [1.807, 2.05) is 39.0 Å². The molecule has 128 valence electrons. The predicted molar refractivity (Wildman–Crippen MR) is 94.2 cm³/mol. The van der Waals surface area contributed by atoms with Crippen molar-refractivity contribution in [2.24, 2.45) is 5.10 Å². The highest BCUT2D eigenvalue weighted by molar-refractivity contribution is 5.99. The predicted octanol–water partition coefficient (Wildman–Crippen LogP) is 2.71. The quantitative estimate of drug-likeness (QED) is 0.602. The van der Waals surface area contributed by atoms with Gasteiger partial charge in [0.25, 0.3) is 5.56 Å². The number of aromatic nitrogens is 2. The Hall–Kier alpha value is -2.83. The van der Waals surface area contributed by atoms with Crippen LogP contribution in [0.15, 0.2) is 34.2 Å². The van der Waals surface area contributed by atoms with E-state index >= 15 is 0 Å². The van der Waals surface area contributed by atoms with Gasteiger partial charge in [0.05, 0.1) is 18.9 Å². The van der Waals surface area contributed by atoms with Crippen LogP contribution in [0.2, 0.25) is 0 Å². The average molecular weight is 330 g/mol. The summed E-state index contributed by atoms with van der Waals surface area (Å²) in [6, 6.07) is 7.06. The molecule has 2 aromatic rings. The van der Waals surface area contributed by atoms with Crippen molar-refractivity contribution in [3.05, 3.63) is 45.9 Å². The molecule has 24 heavy (non-hydrogen) atoms. The van der Waals surface area contributed by atoms with Crippen LogP contribution < -0.4 is 20.5 Å². The molecule has 2 rings (SSSR count). The summed E-state index contributed by atoms with van der Waals surface area (Å²) >= 11 is 0. The number of nitrogens with one attached hydrogen (secondary N) is 2. The van der Waals surface area contributed by atoms with Crippen molar-refractivity contribution in [1.82, 2.24) is 9.97 Å². The van der Waals surface area contributed by atoms with Crippen molar-refractivity contribution in [3.8, 4) is 11.5 Å². The SMILES string of the molecule is CCOc1ccc(/C(C)=N\Nc2nc(C)cc(=O)[nH]2)cc1OCC. The normalized spacial score (nSPS) is 11.2. The zero-order chi connectivity index (χ0) is 17.5. The van der Waals surface area contributed by atoms with Crippen LogP contribution in [0.5, 0.6) is 11.5 Å². The van der Waals surface area contributed by atoms with Crippen LogP contribution in [0.25, 0.3) is 0 Å². The minimum Gasteiger partial charge on any atom is -0.490 e. The van der Waals surface area contributed by atoms with Crippen LogP contribution in [0.1, 0.15) is 32.0 Å². The number of aryl methyl sites for hydroxylation is 1. The Bertz CT molecular complexity index is 784. The number of hydrazone groups is 1. The van der Waals surface area contributed by atoms with E-state index in [0.29, 0.717) is 36.4 Å². The molecule has 0 unspecified atom stereocenters. The van der Waals surface area contributed by atoms with Gasteiger partial charge in [-0.2, -0.15) is 5.10 Å². The van der Waals surface area contributed by atoms with E-state index in [9.17, 15) is 4.79 Å². The fraction of sp³-hybridized carbons (Fsp3) is 0.353. The smallest absolute Gasteiger partial charge is 0.252 e. The fourth-order valence-corrected chi connectivity index (χ4v) is 2.11. The molecule has 0 saturated heterocycles. The number of benzene rings is 1. The molecule has 1 aromatic heterocycles. The number of H-pyrrole nitrogens is 1. The third kappa shape index (κ3) is 4.58. The van der Waals surface area contributed by atoms with Gasteiger partial charge in [0.2, 0.25) is 5.95 Å². The highest BCUT2D eigenvalue weighted by Crippen LogP contribution is 2.28. The van der Waals surface area contributed by atoms with E-state index in [1.54, 1.807) is 6.92 Å². The van der Waals surface area contributed by atoms with Crippen LogP contribution >= 0.6 is 0 Å². The Labute approximate surface area is 140 Å². The van der Waals surface area contributed by atoms with Gasteiger partial charge in [-0.15, -0.1) is 0 Å². The van der Waals surface area contributed by atoms with Crippen molar-refractivity contribution in [2.75, 3.05) is 18.6 Å². The summed E-state index contributed by atoms with van der Waals surface area (Å²) in [7, 11) is 0. The van der Waals surface area contributed by atoms with Crippen molar-refractivity contribution in [3.63, 3.8) is 0 Å². The number of ether oxygens (including phenoxy) is 2. The topological polar surface area (TPSA) is 88.6 Å². The Morgan fingerprint density at radius 1 is 1.21 bits per heavy atom. The largest absolute Gasteiger partial charge is 0.490 e. The van der Waals surface area contributed by atoms with Crippen LogP contribution in [-0.2, 0) is 0 Å². The van der Waals surface area contributed by atoms with Gasteiger partial charge in [-0.05, 0) is 45.9 Å². The maximum Gasteiger partial charge on any atom is 0.252 e. The first-order chi connectivity index (χ1) is 11.5. The van der Waals surface area contributed by atoms with Crippen LogP contribution in [0.4, 0.5) is 5.95 Å². The molecule has 0 saturated carbocycles. The molecule has 0 amide bonds. The molecule has 0 spiro atoms. The molecule has 1 aromatic carbocycles. The molecule has 0 aliphatic carbocycles. The molecule has 7 nitrogen and oxygen atoms in total. The number of hydrogen-bond donors (Lipinski definition) is 2. The second kappa shape index (κ2) is 8.14. The third-order valence-electron chi connectivity index (χ3n) is 3.16. The molecule has 0 aliphatic rings. The number of hydrogen-bond acceptors (Lipinski definition) is 6. The zero-order valence-electron chi connectivity index (χ0n) is 14.3. The van der Waals surface area contributed by atoms with Crippen molar-refractivity contribution in [2.45, 2.75) is 27.7 Å². The molecular weight excluding hydrogens is 308 g/mol. The lowest BCUT2D eigenvalue weighted by Crippen LogP contribution is -2.11. The number of nitrogens with zero attached hydrogens (tertiary/aromatic N) is 2. The van der Waals surface area contributed by atoms with Crippen LogP contribution in [-0.4, -0.2) is 28.9 Å². The van der Waals surface area contributed by atoms with Gasteiger partial charge in [-0.1, -0.05) is 0 Å². The number of aromatic amines is 1. The number of rotatable bonds is 7. The van der Waals surface area contributed by atoms with Gasteiger partial charge < -0.3 is 9.47 Å². The Morgan fingerprint density at radius 2 is 1.92 bits per heavy atom. The van der Waals surface area contributed by atoms with Gasteiger partial charge in [-0.3, -0.25) is 9.78 Å². The summed E-state index contributed by atoms with van der Waals surface area (Å²) in [4.78, 5) is 18.2. The first-order valence-electron chi connectivity index (χ1n) is 7.81. The Morgan fingerprint density at radius 3 is 2.58 bits per heavy atom. The van der Waals surface area contributed by atoms with Crippen molar-refractivity contribution in [1.29, 1.82) is 0 Å². The van der Waals surface area contributed by atoms with Crippen molar-refractivity contribution < 1.29 is 9.47 Å². The zero-order valence-corrected chi connectivity index (χ0v) is 14.3. The lowest BCUT2D eigenvalue weighted by atomic mass is 10.1. The first kappa shape index (κ1) is 17.5. The Kier molecular flexibility index (Phi) is 5.95. The number of anilines is 1. The van der Waals surface area contributed by atoms with Gasteiger partial charge in [-0.25, -0.2) is 10.4 Å².